The molecule has 0 aliphatic carbocycles. The quantitative estimate of drug-likeness (QED) is 0.687. The van der Waals surface area contributed by atoms with Crippen LogP contribution in [0.3, 0.4) is 0 Å². The molecule has 0 spiro atoms. The summed E-state index contributed by atoms with van der Waals surface area (Å²) in [5.41, 5.74) is 3.25. The van der Waals surface area contributed by atoms with Gasteiger partial charge < -0.3 is 15.4 Å². The number of carbonyl (C=O) groups is 3. The molecule has 0 heterocycles. The fraction of sp³-hybridized carbons (Fsp3) is 0.318. The van der Waals surface area contributed by atoms with Crippen LogP contribution in [0.2, 0.25) is 0 Å². The fourth-order valence-corrected chi connectivity index (χ4v) is 2.58. The fourth-order valence-electron chi connectivity index (χ4n) is 2.58. The number of rotatable bonds is 8. The summed E-state index contributed by atoms with van der Waals surface area (Å²) in [6, 6.07) is 14.7. The Kier molecular flexibility index (Phi) is 7.75. The van der Waals surface area contributed by atoms with E-state index < -0.39 is 18.0 Å². The van der Waals surface area contributed by atoms with Gasteiger partial charge in [0.1, 0.15) is 0 Å². The third kappa shape index (κ3) is 6.23. The zero-order chi connectivity index (χ0) is 20.5. The number of hydrogen-bond acceptors (Lipinski definition) is 4. The lowest BCUT2D eigenvalue weighted by molar-refractivity contribution is -0.153. The van der Waals surface area contributed by atoms with Gasteiger partial charge >= 0.3 is 5.97 Å². The van der Waals surface area contributed by atoms with E-state index in [4.69, 9.17) is 4.74 Å². The highest BCUT2D eigenvalue weighted by molar-refractivity contribution is 5.96. The molecule has 0 aromatic heterocycles. The number of hydrogen-bond donors (Lipinski definition) is 2. The Morgan fingerprint density at radius 2 is 1.71 bits per heavy atom. The maximum atomic E-state index is 12.1. The topological polar surface area (TPSA) is 84.5 Å². The van der Waals surface area contributed by atoms with Crippen molar-refractivity contribution in [1.29, 1.82) is 0 Å². The van der Waals surface area contributed by atoms with Crippen LogP contribution in [0, 0.1) is 6.92 Å². The third-order valence-electron chi connectivity index (χ3n) is 4.31. The second kappa shape index (κ2) is 10.3. The number of ether oxygens (including phenoxy) is 1. The molecule has 2 rings (SSSR count). The highest BCUT2D eigenvalue weighted by Crippen LogP contribution is 2.11. The minimum Gasteiger partial charge on any atom is -0.452 e. The number of esters is 1. The smallest absolute Gasteiger partial charge is 0.308 e. The molecule has 2 N–H and O–H groups in total. The molecule has 2 amide bonds. The number of benzene rings is 2. The van der Waals surface area contributed by atoms with E-state index in [2.05, 4.69) is 17.6 Å². The first kappa shape index (κ1) is 21.2. The van der Waals surface area contributed by atoms with Crippen molar-refractivity contribution in [2.24, 2.45) is 0 Å². The van der Waals surface area contributed by atoms with Crippen LogP contribution in [0.4, 0.5) is 5.69 Å². The molecule has 28 heavy (non-hydrogen) atoms. The highest BCUT2D eigenvalue weighted by atomic mass is 16.5. The van der Waals surface area contributed by atoms with Gasteiger partial charge in [-0.15, -0.1) is 0 Å². The standard InChI is InChI=1S/C22H26N2O4/c1-4-17-9-11-18(12-10-17)24-21(26)16(3)28-20(25)13-14-23-22(27)19-8-6-5-7-15(19)2/h5-12,16H,4,13-14H2,1-3H3,(H,23,27)(H,24,26). The summed E-state index contributed by atoms with van der Waals surface area (Å²) in [5.74, 6) is -1.19. The van der Waals surface area contributed by atoms with E-state index in [9.17, 15) is 14.4 Å². The zero-order valence-corrected chi connectivity index (χ0v) is 16.5. The first-order valence-electron chi connectivity index (χ1n) is 9.33. The molecule has 0 radical (unpaired) electrons. The van der Waals surface area contributed by atoms with E-state index in [0.717, 1.165) is 12.0 Å². The number of nitrogens with one attached hydrogen (secondary N) is 2. The van der Waals surface area contributed by atoms with Crippen molar-refractivity contribution in [2.75, 3.05) is 11.9 Å². The Balaban J connectivity index is 1.74. The van der Waals surface area contributed by atoms with Gasteiger partial charge in [0.15, 0.2) is 6.10 Å². The van der Waals surface area contributed by atoms with Crippen molar-refractivity contribution in [1.82, 2.24) is 5.32 Å². The highest BCUT2D eigenvalue weighted by Gasteiger charge is 2.18. The summed E-state index contributed by atoms with van der Waals surface area (Å²) in [6.45, 7) is 5.55. The summed E-state index contributed by atoms with van der Waals surface area (Å²) in [5, 5.41) is 5.40. The van der Waals surface area contributed by atoms with Crippen molar-refractivity contribution >= 4 is 23.5 Å². The Hall–Kier alpha value is -3.15. The Morgan fingerprint density at radius 1 is 1.04 bits per heavy atom. The van der Waals surface area contributed by atoms with Crippen LogP contribution >= 0.6 is 0 Å². The van der Waals surface area contributed by atoms with Gasteiger partial charge in [0, 0.05) is 17.8 Å². The second-order valence-electron chi connectivity index (χ2n) is 6.49. The average molecular weight is 382 g/mol. The molecule has 6 nitrogen and oxygen atoms in total. The van der Waals surface area contributed by atoms with E-state index in [1.165, 1.54) is 12.5 Å². The summed E-state index contributed by atoms with van der Waals surface area (Å²) in [4.78, 5) is 36.2. The van der Waals surface area contributed by atoms with Gasteiger partial charge in [-0.1, -0.05) is 37.3 Å². The van der Waals surface area contributed by atoms with Crippen molar-refractivity contribution < 1.29 is 19.1 Å². The predicted octanol–water partition coefficient (Wildman–Crippen LogP) is 3.25. The monoisotopic (exact) mass is 382 g/mol. The van der Waals surface area contributed by atoms with Crippen molar-refractivity contribution in [3.8, 4) is 0 Å². The first-order chi connectivity index (χ1) is 13.4. The van der Waals surface area contributed by atoms with Crippen LogP contribution in [-0.2, 0) is 20.7 Å². The lowest BCUT2D eigenvalue weighted by atomic mass is 10.1. The lowest BCUT2D eigenvalue weighted by Gasteiger charge is -2.14. The predicted molar refractivity (Wildman–Crippen MR) is 108 cm³/mol. The summed E-state index contributed by atoms with van der Waals surface area (Å²) >= 11 is 0. The molecule has 1 atom stereocenters. The molecule has 0 aliphatic rings. The molecule has 0 bridgehead atoms. The molecule has 2 aromatic carbocycles. The van der Waals surface area contributed by atoms with E-state index in [-0.39, 0.29) is 18.9 Å². The van der Waals surface area contributed by atoms with Gasteiger partial charge in [0.05, 0.1) is 6.42 Å². The molecule has 0 saturated carbocycles. The SMILES string of the molecule is CCc1ccc(NC(=O)C(C)OC(=O)CCNC(=O)c2ccccc2C)cc1. The van der Waals surface area contributed by atoms with Crippen LogP contribution in [0.1, 0.15) is 41.8 Å². The minimum absolute atomic E-state index is 0.0135. The van der Waals surface area contributed by atoms with E-state index >= 15 is 0 Å². The molecular formula is C22H26N2O4. The van der Waals surface area contributed by atoms with Crippen LogP contribution in [0.5, 0.6) is 0 Å². The number of amides is 2. The summed E-state index contributed by atoms with van der Waals surface area (Å²) in [6.07, 6.45) is -0.0197. The largest absolute Gasteiger partial charge is 0.452 e. The third-order valence-corrected chi connectivity index (χ3v) is 4.31. The van der Waals surface area contributed by atoms with Crippen molar-refractivity contribution in [3.63, 3.8) is 0 Å². The first-order valence-corrected chi connectivity index (χ1v) is 9.33. The van der Waals surface area contributed by atoms with Gasteiger partial charge in [-0.3, -0.25) is 14.4 Å². The zero-order valence-electron chi connectivity index (χ0n) is 16.5. The van der Waals surface area contributed by atoms with Gasteiger partial charge in [0.2, 0.25) is 0 Å². The maximum absolute atomic E-state index is 12.1. The minimum atomic E-state index is -0.926. The van der Waals surface area contributed by atoms with Crippen LogP contribution in [0.15, 0.2) is 48.5 Å². The molecule has 1 unspecified atom stereocenters. The molecule has 0 aliphatic heterocycles. The molecule has 0 fully saturated rings. The summed E-state index contributed by atoms with van der Waals surface area (Å²) in [7, 11) is 0. The Bertz CT molecular complexity index is 831. The Labute approximate surface area is 165 Å². The Morgan fingerprint density at radius 3 is 2.36 bits per heavy atom. The average Bonchev–Trinajstić information content (AvgIpc) is 2.68. The van der Waals surface area contributed by atoms with Gasteiger partial charge in [0.25, 0.3) is 11.8 Å². The van der Waals surface area contributed by atoms with E-state index in [1.807, 2.05) is 43.3 Å². The van der Waals surface area contributed by atoms with E-state index in [1.54, 1.807) is 12.1 Å². The van der Waals surface area contributed by atoms with Crippen LogP contribution in [0.25, 0.3) is 0 Å². The van der Waals surface area contributed by atoms with E-state index in [0.29, 0.717) is 11.3 Å². The number of carbonyl (C=O) groups excluding carboxylic acids is 3. The van der Waals surface area contributed by atoms with Crippen molar-refractivity contribution in [3.05, 3.63) is 65.2 Å². The normalized spacial score (nSPS) is 11.4. The molecule has 2 aromatic rings. The molecule has 148 valence electrons. The van der Waals surface area contributed by atoms with Gasteiger partial charge in [-0.25, -0.2) is 0 Å². The molecular weight excluding hydrogens is 356 g/mol. The van der Waals surface area contributed by atoms with Gasteiger partial charge in [-0.05, 0) is 49.6 Å². The second-order valence-corrected chi connectivity index (χ2v) is 6.49. The van der Waals surface area contributed by atoms with Crippen LogP contribution in [-0.4, -0.2) is 30.4 Å². The van der Waals surface area contributed by atoms with Crippen LogP contribution < -0.4 is 10.6 Å². The number of anilines is 1. The van der Waals surface area contributed by atoms with Gasteiger partial charge in [-0.2, -0.15) is 0 Å². The molecule has 0 saturated heterocycles. The molecule has 6 heteroatoms. The maximum Gasteiger partial charge on any atom is 0.308 e. The number of aryl methyl sites for hydroxylation is 2. The lowest BCUT2D eigenvalue weighted by Crippen LogP contribution is -2.32. The van der Waals surface area contributed by atoms with Crippen molar-refractivity contribution in [2.45, 2.75) is 39.7 Å². The summed E-state index contributed by atoms with van der Waals surface area (Å²) < 4.78 is 5.14.